The number of hydrogen-bond donors (Lipinski definition) is 0. The zero-order valence-electron chi connectivity index (χ0n) is 12.9. The average molecular weight is 391 g/mol. The lowest BCUT2D eigenvalue weighted by Gasteiger charge is -2.17. The molecule has 0 heterocycles. The van der Waals surface area contributed by atoms with Crippen molar-refractivity contribution in [3.63, 3.8) is 0 Å². The van der Waals surface area contributed by atoms with Crippen molar-refractivity contribution in [3.05, 3.63) is 39.9 Å². The first kappa shape index (κ1) is 19.1. The van der Waals surface area contributed by atoms with E-state index in [4.69, 9.17) is 13.8 Å². The van der Waals surface area contributed by atoms with Crippen LogP contribution in [0.15, 0.2) is 34.3 Å². The van der Waals surface area contributed by atoms with E-state index in [2.05, 4.69) is 15.9 Å². The largest absolute Gasteiger partial charge is 0.466 e. The minimum Gasteiger partial charge on any atom is -0.466 e. The third-order valence-electron chi connectivity index (χ3n) is 2.67. The van der Waals surface area contributed by atoms with E-state index >= 15 is 0 Å². The summed E-state index contributed by atoms with van der Waals surface area (Å²) in [6.07, 6.45) is 1.50. The van der Waals surface area contributed by atoms with E-state index in [1.807, 2.05) is 24.3 Å². The summed E-state index contributed by atoms with van der Waals surface area (Å²) >= 11 is 3.35. The van der Waals surface area contributed by atoms with Crippen LogP contribution in [0, 0.1) is 0 Å². The standard InChI is InChI=1S/C15H20BrO5P/c1-4-20-22(18,21-5-2)11-13(15(17)19-3)10-12-6-8-14(16)9-7-12/h6-10H,4-5,11H2,1-3H3/b13-10+. The summed E-state index contributed by atoms with van der Waals surface area (Å²) in [7, 11) is -2.09. The van der Waals surface area contributed by atoms with Crippen LogP contribution in [0.1, 0.15) is 19.4 Å². The number of rotatable bonds is 8. The van der Waals surface area contributed by atoms with Gasteiger partial charge >= 0.3 is 13.6 Å². The molecule has 0 aliphatic rings. The molecule has 0 unspecified atom stereocenters. The second-order valence-electron chi connectivity index (χ2n) is 4.32. The number of carbonyl (C=O) groups is 1. The molecule has 0 bridgehead atoms. The summed E-state index contributed by atoms with van der Waals surface area (Å²) in [4.78, 5) is 11.9. The van der Waals surface area contributed by atoms with Crippen LogP contribution in [-0.2, 0) is 23.1 Å². The highest BCUT2D eigenvalue weighted by Gasteiger charge is 2.28. The van der Waals surface area contributed by atoms with Crippen molar-refractivity contribution in [3.8, 4) is 0 Å². The third kappa shape index (κ3) is 6.05. The Morgan fingerprint density at radius 1 is 1.18 bits per heavy atom. The molecule has 7 heteroatoms. The Hall–Kier alpha value is -0.940. The molecule has 5 nitrogen and oxygen atoms in total. The number of hydrogen-bond acceptors (Lipinski definition) is 5. The molecule has 0 atom stereocenters. The molecule has 1 rings (SSSR count). The molecule has 1 aromatic rings. The van der Waals surface area contributed by atoms with Crippen LogP contribution in [0.4, 0.5) is 0 Å². The van der Waals surface area contributed by atoms with Crippen LogP contribution in [0.25, 0.3) is 6.08 Å². The van der Waals surface area contributed by atoms with E-state index in [9.17, 15) is 9.36 Å². The van der Waals surface area contributed by atoms with Gasteiger partial charge in [0.15, 0.2) is 0 Å². The molecule has 0 spiro atoms. The third-order valence-corrected chi connectivity index (χ3v) is 5.23. The average Bonchev–Trinajstić information content (AvgIpc) is 2.48. The van der Waals surface area contributed by atoms with Crippen LogP contribution in [0.5, 0.6) is 0 Å². The second kappa shape index (κ2) is 9.26. The molecule has 22 heavy (non-hydrogen) atoms. The lowest BCUT2D eigenvalue weighted by atomic mass is 10.1. The fraction of sp³-hybridized carbons (Fsp3) is 0.400. The molecule has 0 aliphatic carbocycles. The van der Waals surface area contributed by atoms with E-state index in [0.29, 0.717) is 0 Å². The number of benzene rings is 1. The summed E-state index contributed by atoms with van der Waals surface area (Å²) in [6, 6.07) is 7.37. The van der Waals surface area contributed by atoms with Gasteiger partial charge in [-0.05, 0) is 37.6 Å². The lowest BCUT2D eigenvalue weighted by molar-refractivity contribution is -0.135. The molecule has 0 aliphatic heterocycles. The van der Waals surface area contributed by atoms with Gasteiger partial charge in [0.25, 0.3) is 0 Å². The van der Waals surface area contributed by atoms with E-state index < -0.39 is 13.6 Å². The predicted octanol–water partition coefficient (Wildman–Crippen LogP) is 4.27. The monoisotopic (exact) mass is 390 g/mol. The number of ether oxygens (including phenoxy) is 1. The fourth-order valence-corrected chi connectivity index (χ4v) is 3.74. The molecule has 0 N–H and O–H groups in total. The topological polar surface area (TPSA) is 61.8 Å². The van der Waals surface area contributed by atoms with Gasteiger partial charge in [0.05, 0.1) is 26.5 Å². The molecule has 122 valence electrons. The Morgan fingerprint density at radius 3 is 2.18 bits per heavy atom. The van der Waals surface area contributed by atoms with Crippen molar-refractivity contribution in [1.29, 1.82) is 0 Å². The number of methoxy groups -OCH3 is 1. The van der Waals surface area contributed by atoms with Gasteiger partial charge in [-0.15, -0.1) is 0 Å². The number of halogens is 1. The SMILES string of the molecule is CCOP(=O)(C/C(=C\c1ccc(Br)cc1)C(=O)OC)OCC. The van der Waals surface area contributed by atoms with Crippen LogP contribution < -0.4 is 0 Å². The van der Waals surface area contributed by atoms with Gasteiger partial charge in [-0.3, -0.25) is 4.57 Å². The van der Waals surface area contributed by atoms with Crippen molar-refractivity contribution in [2.75, 3.05) is 26.5 Å². The van der Waals surface area contributed by atoms with Gasteiger partial charge in [-0.25, -0.2) is 4.79 Å². The zero-order chi connectivity index (χ0) is 16.6. The fourth-order valence-electron chi connectivity index (χ4n) is 1.79. The first-order chi connectivity index (χ1) is 10.4. The molecule has 0 aromatic heterocycles. The lowest BCUT2D eigenvalue weighted by Crippen LogP contribution is -2.11. The molecular weight excluding hydrogens is 371 g/mol. The highest BCUT2D eigenvalue weighted by atomic mass is 79.9. The summed E-state index contributed by atoms with van der Waals surface area (Å²) in [5.41, 5.74) is 1.04. The minimum absolute atomic E-state index is 0.128. The Bertz CT molecular complexity index is 558. The second-order valence-corrected chi connectivity index (χ2v) is 7.29. The molecule has 0 fully saturated rings. The zero-order valence-corrected chi connectivity index (χ0v) is 15.4. The van der Waals surface area contributed by atoms with Crippen molar-refractivity contribution >= 4 is 35.6 Å². The molecular formula is C15H20BrO5P. The Balaban J connectivity index is 3.09. The minimum atomic E-state index is -3.37. The van der Waals surface area contributed by atoms with E-state index in [1.54, 1.807) is 19.9 Å². The quantitative estimate of drug-likeness (QED) is 0.376. The Kier molecular flexibility index (Phi) is 8.04. The van der Waals surface area contributed by atoms with Gasteiger partial charge in [0.2, 0.25) is 0 Å². The van der Waals surface area contributed by atoms with Crippen molar-refractivity contribution in [1.82, 2.24) is 0 Å². The van der Waals surface area contributed by atoms with Gasteiger partial charge in [-0.1, -0.05) is 28.1 Å². The van der Waals surface area contributed by atoms with Gasteiger partial charge < -0.3 is 13.8 Å². The Morgan fingerprint density at radius 2 is 1.73 bits per heavy atom. The van der Waals surface area contributed by atoms with Gasteiger partial charge in [0.1, 0.15) is 0 Å². The number of carbonyl (C=O) groups excluding carboxylic acids is 1. The van der Waals surface area contributed by atoms with Crippen LogP contribution in [0.2, 0.25) is 0 Å². The first-order valence-corrected chi connectivity index (χ1v) is 9.38. The molecule has 0 saturated heterocycles. The van der Waals surface area contributed by atoms with Crippen molar-refractivity contribution in [2.45, 2.75) is 13.8 Å². The van der Waals surface area contributed by atoms with Crippen LogP contribution in [0.3, 0.4) is 0 Å². The maximum atomic E-state index is 12.6. The maximum Gasteiger partial charge on any atom is 0.335 e. The smallest absolute Gasteiger partial charge is 0.335 e. The van der Waals surface area contributed by atoms with Crippen LogP contribution >= 0.6 is 23.5 Å². The first-order valence-electron chi connectivity index (χ1n) is 6.86. The highest BCUT2D eigenvalue weighted by Crippen LogP contribution is 2.49. The predicted molar refractivity (Wildman–Crippen MR) is 89.9 cm³/mol. The molecule has 0 saturated carbocycles. The van der Waals surface area contributed by atoms with Crippen LogP contribution in [-0.4, -0.2) is 32.5 Å². The van der Waals surface area contributed by atoms with E-state index in [-0.39, 0.29) is 24.9 Å². The molecule has 0 radical (unpaired) electrons. The summed E-state index contributed by atoms with van der Waals surface area (Å²) in [5, 5.41) is 0. The normalized spacial score (nSPS) is 12.3. The van der Waals surface area contributed by atoms with Gasteiger partial charge in [0, 0.05) is 10.0 Å². The summed E-state index contributed by atoms with van der Waals surface area (Å²) < 4.78 is 28.7. The maximum absolute atomic E-state index is 12.6. The Labute approximate surface area is 139 Å². The highest BCUT2D eigenvalue weighted by molar-refractivity contribution is 9.10. The molecule has 0 amide bonds. The molecule has 1 aromatic carbocycles. The number of esters is 1. The van der Waals surface area contributed by atoms with E-state index in [1.165, 1.54) is 7.11 Å². The van der Waals surface area contributed by atoms with Crippen molar-refractivity contribution < 1.29 is 23.1 Å². The van der Waals surface area contributed by atoms with Gasteiger partial charge in [-0.2, -0.15) is 0 Å². The summed E-state index contributed by atoms with van der Waals surface area (Å²) in [5.74, 6) is -0.553. The summed E-state index contributed by atoms with van der Waals surface area (Å²) in [6.45, 7) is 3.93. The van der Waals surface area contributed by atoms with Crippen molar-refractivity contribution in [2.24, 2.45) is 0 Å². The van der Waals surface area contributed by atoms with E-state index in [0.717, 1.165) is 10.0 Å².